The highest BCUT2D eigenvalue weighted by atomic mass is 15.6. The van der Waals surface area contributed by atoms with Crippen LogP contribution in [0.4, 0.5) is 0 Å². The van der Waals surface area contributed by atoms with Gasteiger partial charge in [-0.25, -0.2) is 0 Å². The van der Waals surface area contributed by atoms with Crippen LogP contribution in [0.3, 0.4) is 0 Å². The molecule has 0 fully saturated rings. The Bertz CT molecular complexity index is 3900. The van der Waals surface area contributed by atoms with Crippen LogP contribution < -0.4 is 10.7 Å². The molecule has 8 bridgehead atoms. The molecule has 306 valence electrons. The molecule has 8 heterocycles. The van der Waals surface area contributed by atoms with Crippen LogP contribution >= 0.6 is 0 Å². The van der Waals surface area contributed by atoms with Crippen molar-refractivity contribution in [1.29, 1.82) is 0 Å². The Morgan fingerprint density at radius 1 is 0.338 bits per heavy atom. The first kappa shape index (κ1) is 32.2. The first-order chi connectivity index (χ1) is 32.3. The molecular weight excluding hydrogens is 789 g/mol. The molecule has 9 unspecified atom stereocenters. The number of aromatic nitrogens is 2. The number of allylic oxidation sites excluding steroid dienone is 5. The van der Waals surface area contributed by atoms with Gasteiger partial charge < -0.3 is 0 Å². The molecule has 9 atom stereocenters. The summed E-state index contributed by atoms with van der Waals surface area (Å²) in [6.45, 7) is 0. The fraction of sp³-hybridized carbons (Fsp3) is 0.279. The van der Waals surface area contributed by atoms with Gasteiger partial charge in [0.25, 0.3) is 0 Å². The maximum atomic E-state index is 3.00. The highest BCUT2D eigenvalue weighted by Crippen LogP contribution is 2.66. The van der Waals surface area contributed by atoms with Crippen molar-refractivity contribution in [1.82, 2.24) is 9.13 Å². The number of nitrogens with zero attached hydrogens (tertiary/aromatic N) is 4. The maximum absolute atomic E-state index is 3.00. The molecule has 4 heteroatoms. The second-order valence-corrected chi connectivity index (χ2v) is 22.2. The third-order valence-electron chi connectivity index (χ3n) is 20.3. The van der Waals surface area contributed by atoms with Gasteiger partial charge in [-0.05, 0) is 124 Å². The van der Waals surface area contributed by atoms with Gasteiger partial charge in [-0.1, -0.05) is 106 Å². The van der Waals surface area contributed by atoms with Crippen molar-refractivity contribution in [3.05, 3.63) is 226 Å². The van der Waals surface area contributed by atoms with Gasteiger partial charge in [-0.3, -0.25) is 0 Å². The fourth-order valence-electron chi connectivity index (χ4n) is 18.6. The lowest BCUT2D eigenvalue weighted by Crippen LogP contribution is -2.70. The van der Waals surface area contributed by atoms with Crippen LogP contribution in [-0.4, -0.2) is 29.7 Å². The topological polar surface area (TPSA) is 15.9 Å². The molecule has 1 spiro atoms. The minimum atomic E-state index is -0.657. The Labute approximate surface area is 376 Å². The Morgan fingerprint density at radius 3 is 1.14 bits per heavy atom. The van der Waals surface area contributed by atoms with E-state index < -0.39 is 5.91 Å². The second-order valence-electron chi connectivity index (χ2n) is 22.2. The van der Waals surface area contributed by atoms with Crippen LogP contribution in [-0.2, 0) is 5.91 Å². The first-order valence-corrected chi connectivity index (χ1v) is 25.2. The zero-order valence-corrected chi connectivity index (χ0v) is 36.1. The third-order valence-corrected chi connectivity index (χ3v) is 20.3. The molecule has 65 heavy (non-hydrogen) atoms. The number of hydrogen-bond acceptors (Lipinski definition) is 0. The lowest BCUT2D eigenvalue weighted by atomic mass is 9.62. The van der Waals surface area contributed by atoms with Gasteiger partial charge in [0.2, 0.25) is 22.8 Å². The van der Waals surface area contributed by atoms with Gasteiger partial charge in [-0.2, -0.15) is 9.13 Å². The zero-order valence-electron chi connectivity index (χ0n) is 36.1. The summed E-state index contributed by atoms with van der Waals surface area (Å²) in [6.07, 6.45) is 21.0. The molecule has 24 rings (SSSR count). The minimum Gasteiger partial charge on any atom is -0.199 e. The molecule has 4 aromatic carbocycles. The smallest absolute Gasteiger partial charge is 0.199 e. The van der Waals surface area contributed by atoms with E-state index in [2.05, 4.69) is 140 Å². The minimum absolute atomic E-state index is 0.414. The van der Waals surface area contributed by atoms with Crippen molar-refractivity contribution in [2.24, 2.45) is 0 Å². The lowest BCUT2D eigenvalue weighted by Gasteiger charge is -2.39. The second kappa shape index (κ2) is 9.99. The van der Waals surface area contributed by atoms with Crippen LogP contribution in [0.5, 0.6) is 0 Å². The molecule has 6 aromatic rings. The predicted octanol–water partition coefficient (Wildman–Crippen LogP) is 10.2. The van der Waals surface area contributed by atoms with Crippen LogP contribution in [0.1, 0.15) is 177 Å². The number of benzene rings is 4. The van der Waals surface area contributed by atoms with E-state index in [1.54, 1.807) is 89.1 Å². The van der Waals surface area contributed by atoms with Crippen LogP contribution in [0.25, 0.3) is 18.2 Å². The van der Waals surface area contributed by atoms with E-state index in [9.17, 15) is 0 Å². The van der Waals surface area contributed by atoms with Gasteiger partial charge in [0.05, 0.1) is 28.2 Å². The van der Waals surface area contributed by atoms with Crippen LogP contribution in [0.15, 0.2) is 137 Å². The molecule has 0 N–H and O–H groups in total. The van der Waals surface area contributed by atoms with E-state index >= 15 is 0 Å². The average Bonchev–Trinajstić information content (AvgIpc) is 4.12. The molecule has 0 saturated carbocycles. The summed E-state index contributed by atoms with van der Waals surface area (Å²) in [5.74, 6) is 2.66. The summed E-state index contributed by atoms with van der Waals surface area (Å²) >= 11 is 0. The molecule has 12 aliphatic carbocycles. The van der Waals surface area contributed by atoms with Crippen LogP contribution in [0.2, 0.25) is 0 Å². The monoisotopic (exact) mass is 832 g/mol. The van der Waals surface area contributed by atoms with E-state index in [0.29, 0.717) is 47.3 Å². The number of fused-ring (bicyclic) bond motifs is 4. The van der Waals surface area contributed by atoms with Gasteiger partial charge in [0.1, 0.15) is 0 Å². The molecule has 4 nitrogen and oxygen atoms in total. The summed E-state index contributed by atoms with van der Waals surface area (Å²) in [5.41, 5.74) is 34.9. The van der Waals surface area contributed by atoms with Crippen LogP contribution in [0, 0.1) is 0 Å². The Kier molecular flexibility index (Phi) is 4.95. The summed E-state index contributed by atoms with van der Waals surface area (Å²) in [6, 6.07) is 38.4. The van der Waals surface area contributed by atoms with Gasteiger partial charge >= 0.3 is 5.91 Å². The summed E-state index contributed by atoms with van der Waals surface area (Å²) in [5, 5.41) is 3.00. The number of hydrogen-bond donors (Lipinski definition) is 0. The molecule has 18 aliphatic rings. The summed E-state index contributed by atoms with van der Waals surface area (Å²) in [4.78, 5) is 0. The van der Waals surface area contributed by atoms with E-state index in [-0.39, 0.29) is 0 Å². The van der Waals surface area contributed by atoms with Gasteiger partial charge in [-0.15, -0.1) is 0 Å². The first-order valence-electron chi connectivity index (χ1n) is 25.2. The Balaban J connectivity index is 1.01. The predicted molar refractivity (Wildman–Crippen MR) is 251 cm³/mol. The van der Waals surface area contributed by atoms with Gasteiger partial charge in [0.15, 0.2) is 0 Å². The van der Waals surface area contributed by atoms with Crippen molar-refractivity contribution >= 4 is 29.7 Å². The van der Waals surface area contributed by atoms with E-state index in [1.165, 1.54) is 96.3 Å². The summed E-state index contributed by atoms with van der Waals surface area (Å²) < 4.78 is 12.0. The molecule has 2 aromatic heterocycles. The highest BCUT2D eigenvalue weighted by molar-refractivity contribution is 6.22. The van der Waals surface area contributed by atoms with Crippen molar-refractivity contribution in [3.63, 3.8) is 0 Å². The van der Waals surface area contributed by atoms with Crippen molar-refractivity contribution in [2.45, 2.75) is 105 Å². The van der Waals surface area contributed by atoms with E-state index in [4.69, 9.17) is 0 Å². The van der Waals surface area contributed by atoms with Gasteiger partial charge in [0, 0.05) is 81.8 Å². The highest BCUT2D eigenvalue weighted by Gasteiger charge is 2.76. The molecule has 6 aliphatic heterocycles. The molecule has 0 amide bonds. The third kappa shape index (κ3) is 3.03. The largest absolute Gasteiger partial charge is 0.553 e. The fourth-order valence-corrected chi connectivity index (χ4v) is 18.6. The Morgan fingerprint density at radius 2 is 0.677 bits per heavy atom. The Hall–Kier alpha value is -6.52. The van der Waals surface area contributed by atoms with E-state index in [0.717, 1.165) is 0 Å². The zero-order chi connectivity index (χ0) is 41.1. The van der Waals surface area contributed by atoms with Crippen molar-refractivity contribution < 1.29 is 9.15 Å². The normalized spacial score (nSPS) is 32.7. The SMILES string of the molecule is C1=C2C3=C(C4=[N+]2C25n6c(c7c(c6C=c6c8c(c(n62)=C4)C2CCC8c4ccccc42)C2CCC7c4ccccc42)C=C2C4=C(C1=[N+]25)C1CCC4c2ccccc21)C1CCC3c2ccccc21. The summed E-state index contributed by atoms with van der Waals surface area (Å²) in [7, 11) is 0. The quantitative estimate of drug-likeness (QED) is 0.136. The standard InChI is InChI=1S/C61H44N4/c1-2-10-30-29(9-1)37-17-18-38(30)54-46-26-48-56-40-21-22-42(34-14-6-5-13-33(34)40)58(56)50-28-52-60-44-24-23-43(35-15-7-8-16-36(35)44)59(60)51-27-49-57-41-20-19-39(31-11-3-4-12-32(31)41)55(57)47-25-45(53(37)54)62(46)61(63(47)49,64(48)50)65(51)52/h1-16,25-28,37-44H,17-24H2/q+2. The average molecular weight is 833 g/mol. The lowest BCUT2D eigenvalue weighted by molar-refractivity contribution is -0.837. The van der Waals surface area contributed by atoms with Crippen molar-refractivity contribution in [2.75, 3.05) is 0 Å². The molecule has 0 radical (unpaired) electrons. The maximum Gasteiger partial charge on any atom is 0.553 e. The van der Waals surface area contributed by atoms with E-state index in [1.807, 2.05) is 0 Å². The molecule has 0 saturated heterocycles. The van der Waals surface area contributed by atoms with Crippen molar-refractivity contribution in [3.8, 4) is 0 Å². The molecular formula is C61H44N4+2. The number of rotatable bonds is 0.